The van der Waals surface area contributed by atoms with Crippen LogP contribution in [0.3, 0.4) is 0 Å². The van der Waals surface area contributed by atoms with Gasteiger partial charge in [-0.15, -0.1) is 5.10 Å². The van der Waals surface area contributed by atoms with E-state index in [4.69, 9.17) is 5.11 Å². The van der Waals surface area contributed by atoms with Crippen LogP contribution in [-0.4, -0.2) is 36.3 Å². The summed E-state index contributed by atoms with van der Waals surface area (Å²) in [6, 6.07) is 3.06. The summed E-state index contributed by atoms with van der Waals surface area (Å²) < 4.78 is 1.33. The van der Waals surface area contributed by atoms with Gasteiger partial charge in [0.15, 0.2) is 5.82 Å². The third-order valence-electron chi connectivity index (χ3n) is 2.65. The Bertz CT molecular complexity index is 525. The van der Waals surface area contributed by atoms with Crippen LogP contribution in [0.4, 0.5) is 0 Å². The maximum absolute atomic E-state index is 10.9. The van der Waals surface area contributed by atoms with Crippen LogP contribution in [0.15, 0.2) is 24.5 Å². The first-order valence-corrected chi connectivity index (χ1v) is 5.57. The Kier molecular flexibility index (Phi) is 3.61. The quantitative estimate of drug-likeness (QED) is 0.826. The Labute approximate surface area is 103 Å². The van der Waals surface area contributed by atoms with Crippen molar-refractivity contribution in [3.8, 4) is 0 Å². The number of hydrogen-bond acceptors (Lipinski definition) is 5. The monoisotopic (exact) mass is 247 g/mol. The topological polar surface area (TPSA) is 93.8 Å². The summed E-state index contributed by atoms with van der Waals surface area (Å²) in [5.41, 5.74) is 1.06. The van der Waals surface area contributed by atoms with E-state index >= 15 is 0 Å². The van der Waals surface area contributed by atoms with E-state index in [9.17, 15) is 4.79 Å². The number of pyridine rings is 1. The molecule has 18 heavy (non-hydrogen) atoms. The zero-order valence-corrected chi connectivity index (χ0v) is 9.89. The zero-order chi connectivity index (χ0) is 13.0. The fourth-order valence-electron chi connectivity index (χ4n) is 1.58. The molecule has 0 saturated carbocycles. The molecular formula is C11H13N5O2. The van der Waals surface area contributed by atoms with Gasteiger partial charge < -0.3 is 5.11 Å². The number of hydrogen-bond donors (Lipinski definition) is 1. The molecule has 7 nitrogen and oxygen atoms in total. The molecule has 0 saturated heterocycles. The molecule has 0 aliphatic rings. The van der Waals surface area contributed by atoms with Crippen LogP contribution in [0.25, 0.3) is 0 Å². The van der Waals surface area contributed by atoms with Crippen molar-refractivity contribution < 1.29 is 9.90 Å². The van der Waals surface area contributed by atoms with E-state index in [0.29, 0.717) is 12.2 Å². The van der Waals surface area contributed by atoms with Crippen LogP contribution >= 0.6 is 0 Å². The third kappa shape index (κ3) is 2.68. The Balaban J connectivity index is 2.07. The van der Waals surface area contributed by atoms with Crippen molar-refractivity contribution in [2.45, 2.75) is 25.8 Å². The van der Waals surface area contributed by atoms with Crippen molar-refractivity contribution in [3.63, 3.8) is 0 Å². The molecule has 0 aromatic carbocycles. The summed E-state index contributed by atoms with van der Waals surface area (Å²) in [5.74, 6) is -0.390. The smallest absolute Gasteiger partial charge is 0.328 e. The van der Waals surface area contributed by atoms with Crippen molar-refractivity contribution in [2.75, 3.05) is 0 Å². The van der Waals surface area contributed by atoms with Crippen molar-refractivity contribution >= 4 is 5.97 Å². The molecular weight excluding hydrogens is 234 g/mol. The molecule has 0 amide bonds. The molecule has 0 fully saturated rings. The molecule has 94 valence electrons. The average molecular weight is 247 g/mol. The lowest BCUT2D eigenvalue weighted by Gasteiger charge is -2.08. The number of aliphatic carboxylic acids is 1. The number of aromatic nitrogens is 5. The predicted molar refractivity (Wildman–Crippen MR) is 61.8 cm³/mol. The summed E-state index contributed by atoms with van der Waals surface area (Å²) in [6.45, 7) is 1.55. The van der Waals surface area contributed by atoms with E-state index in [2.05, 4.69) is 20.5 Å². The van der Waals surface area contributed by atoms with Crippen LogP contribution in [-0.2, 0) is 17.6 Å². The van der Waals surface area contributed by atoms with Gasteiger partial charge in [-0.1, -0.05) is 6.07 Å². The molecule has 1 unspecified atom stereocenters. The Morgan fingerprint density at radius 3 is 3.00 bits per heavy atom. The highest BCUT2D eigenvalue weighted by Crippen LogP contribution is 2.08. The van der Waals surface area contributed by atoms with Crippen molar-refractivity contribution in [1.29, 1.82) is 0 Å². The molecule has 0 radical (unpaired) electrons. The van der Waals surface area contributed by atoms with E-state index in [1.165, 1.54) is 4.68 Å². The van der Waals surface area contributed by atoms with Gasteiger partial charge in [0.05, 0.1) is 0 Å². The summed E-state index contributed by atoms with van der Waals surface area (Å²) >= 11 is 0. The van der Waals surface area contributed by atoms with Crippen molar-refractivity contribution in [1.82, 2.24) is 25.2 Å². The van der Waals surface area contributed by atoms with E-state index in [-0.39, 0.29) is 0 Å². The van der Waals surface area contributed by atoms with E-state index in [1.54, 1.807) is 19.3 Å². The second kappa shape index (κ2) is 5.35. The molecule has 0 aliphatic carbocycles. The standard InChI is InChI=1S/C11H13N5O2/c1-8(11(17)18)16-10(13-14-15-16)5-4-9-3-2-6-12-7-9/h2-3,6-8H,4-5H2,1H3,(H,17,18). The minimum Gasteiger partial charge on any atom is -0.480 e. The van der Waals surface area contributed by atoms with Crippen LogP contribution in [0, 0.1) is 0 Å². The Morgan fingerprint density at radius 1 is 1.50 bits per heavy atom. The van der Waals surface area contributed by atoms with Gasteiger partial charge in [0.25, 0.3) is 0 Å². The van der Waals surface area contributed by atoms with Crippen molar-refractivity contribution in [2.24, 2.45) is 0 Å². The van der Waals surface area contributed by atoms with Gasteiger partial charge in [-0.05, 0) is 35.4 Å². The summed E-state index contributed by atoms with van der Waals surface area (Å²) in [6.07, 6.45) is 4.78. The molecule has 7 heteroatoms. The molecule has 2 heterocycles. The highest BCUT2D eigenvalue weighted by atomic mass is 16.4. The second-order valence-electron chi connectivity index (χ2n) is 3.92. The van der Waals surface area contributed by atoms with E-state index in [0.717, 1.165) is 12.0 Å². The molecule has 2 aromatic heterocycles. The molecule has 0 spiro atoms. The van der Waals surface area contributed by atoms with Gasteiger partial charge in [0.2, 0.25) is 0 Å². The Morgan fingerprint density at radius 2 is 2.33 bits per heavy atom. The summed E-state index contributed by atoms with van der Waals surface area (Å²) in [4.78, 5) is 14.9. The van der Waals surface area contributed by atoms with Crippen LogP contribution < -0.4 is 0 Å². The van der Waals surface area contributed by atoms with E-state index < -0.39 is 12.0 Å². The fourth-order valence-corrected chi connectivity index (χ4v) is 1.58. The van der Waals surface area contributed by atoms with Gasteiger partial charge in [0.1, 0.15) is 6.04 Å². The lowest BCUT2D eigenvalue weighted by molar-refractivity contribution is -0.140. The molecule has 2 rings (SSSR count). The number of tetrazole rings is 1. The number of nitrogens with zero attached hydrogens (tertiary/aromatic N) is 5. The first-order valence-electron chi connectivity index (χ1n) is 5.57. The largest absolute Gasteiger partial charge is 0.480 e. The predicted octanol–water partition coefficient (Wildman–Crippen LogP) is 0.499. The maximum atomic E-state index is 10.9. The van der Waals surface area contributed by atoms with Gasteiger partial charge in [-0.3, -0.25) is 4.98 Å². The minimum absolute atomic E-state index is 0.564. The van der Waals surface area contributed by atoms with E-state index in [1.807, 2.05) is 12.1 Å². The highest BCUT2D eigenvalue weighted by molar-refractivity contribution is 5.71. The van der Waals surface area contributed by atoms with Gasteiger partial charge >= 0.3 is 5.97 Å². The number of carboxylic acid groups (broad SMARTS) is 1. The van der Waals surface area contributed by atoms with Crippen LogP contribution in [0.2, 0.25) is 0 Å². The highest BCUT2D eigenvalue weighted by Gasteiger charge is 2.18. The second-order valence-corrected chi connectivity index (χ2v) is 3.92. The van der Waals surface area contributed by atoms with Crippen LogP contribution in [0.5, 0.6) is 0 Å². The summed E-state index contributed by atoms with van der Waals surface area (Å²) in [7, 11) is 0. The minimum atomic E-state index is -0.954. The average Bonchev–Trinajstić information content (AvgIpc) is 2.84. The zero-order valence-electron chi connectivity index (χ0n) is 9.89. The molecule has 1 atom stereocenters. The van der Waals surface area contributed by atoms with Crippen molar-refractivity contribution in [3.05, 3.63) is 35.9 Å². The third-order valence-corrected chi connectivity index (χ3v) is 2.65. The molecule has 2 aromatic rings. The first kappa shape index (κ1) is 12.2. The number of carboxylic acids is 1. The molecule has 0 bridgehead atoms. The first-order chi connectivity index (χ1) is 8.68. The molecule has 0 aliphatic heterocycles. The van der Waals surface area contributed by atoms with Crippen LogP contribution in [0.1, 0.15) is 24.4 Å². The Hall–Kier alpha value is -2.31. The van der Waals surface area contributed by atoms with Gasteiger partial charge in [-0.2, -0.15) is 0 Å². The van der Waals surface area contributed by atoms with Gasteiger partial charge in [0, 0.05) is 18.8 Å². The normalized spacial score (nSPS) is 12.3. The lowest BCUT2D eigenvalue weighted by atomic mass is 10.1. The SMILES string of the molecule is CC(C(=O)O)n1nnnc1CCc1cccnc1. The number of carbonyl (C=O) groups is 1. The molecule has 1 N–H and O–H groups in total. The maximum Gasteiger partial charge on any atom is 0.328 e. The summed E-state index contributed by atoms with van der Waals surface area (Å²) in [5, 5.41) is 20.0. The lowest BCUT2D eigenvalue weighted by Crippen LogP contribution is -2.19. The number of rotatable bonds is 5. The van der Waals surface area contributed by atoms with Gasteiger partial charge in [-0.25, -0.2) is 9.48 Å². The fraction of sp³-hybridized carbons (Fsp3) is 0.364. The number of aryl methyl sites for hydroxylation is 2.